The number of benzene rings is 3. The number of methoxy groups -OCH3 is 1. The number of carbonyl (C=O) groups excluding carboxylic acids is 2. The second-order valence-electron chi connectivity index (χ2n) is 6.23. The number of amides is 2. The Morgan fingerprint density at radius 1 is 0.900 bits per heavy atom. The smallest absolute Gasteiger partial charge is 0.255 e. The number of halogens is 2. The lowest BCUT2D eigenvalue weighted by atomic mass is 10.2. The molecule has 3 aromatic rings. The third-order valence-corrected chi connectivity index (χ3v) is 4.60. The van der Waals surface area contributed by atoms with E-state index in [9.17, 15) is 9.59 Å². The summed E-state index contributed by atoms with van der Waals surface area (Å²) in [5.74, 6) is -0.109. The van der Waals surface area contributed by atoms with Crippen molar-refractivity contribution in [3.05, 3.63) is 94.0 Å². The molecule has 0 spiro atoms. The highest BCUT2D eigenvalue weighted by molar-refractivity contribution is 6.36. The van der Waals surface area contributed by atoms with Crippen LogP contribution in [0.4, 0.5) is 11.4 Å². The van der Waals surface area contributed by atoms with Gasteiger partial charge < -0.3 is 15.4 Å². The number of rotatable bonds is 6. The molecule has 0 aliphatic heterocycles. The van der Waals surface area contributed by atoms with Crippen molar-refractivity contribution in [3.8, 4) is 5.75 Å². The molecule has 5 nitrogen and oxygen atoms in total. The van der Waals surface area contributed by atoms with E-state index in [1.807, 2.05) is 6.07 Å². The van der Waals surface area contributed by atoms with Gasteiger partial charge in [0.2, 0.25) is 5.91 Å². The fourth-order valence-corrected chi connectivity index (χ4v) is 3.28. The van der Waals surface area contributed by atoms with Crippen LogP contribution in [0.15, 0.2) is 72.8 Å². The van der Waals surface area contributed by atoms with E-state index in [-0.39, 0.29) is 11.8 Å². The minimum Gasteiger partial charge on any atom is -0.495 e. The molecule has 0 radical (unpaired) electrons. The molecule has 2 amide bonds. The topological polar surface area (TPSA) is 67.4 Å². The van der Waals surface area contributed by atoms with Gasteiger partial charge in [0.25, 0.3) is 5.91 Å². The molecular formula is C23H18Cl2N2O3. The van der Waals surface area contributed by atoms with Crippen molar-refractivity contribution < 1.29 is 14.3 Å². The van der Waals surface area contributed by atoms with Gasteiger partial charge in [-0.15, -0.1) is 0 Å². The van der Waals surface area contributed by atoms with E-state index in [2.05, 4.69) is 10.6 Å². The Morgan fingerprint density at radius 2 is 1.53 bits per heavy atom. The zero-order chi connectivity index (χ0) is 21.5. The Kier molecular flexibility index (Phi) is 7.12. The van der Waals surface area contributed by atoms with Crippen molar-refractivity contribution in [2.45, 2.75) is 0 Å². The molecule has 0 aliphatic carbocycles. The molecule has 30 heavy (non-hydrogen) atoms. The van der Waals surface area contributed by atoms with E-state index < -0.39 is 0 Å². The lowest BCUT2D eigenvalue weighted by molar-refractivity contribution is -0.111. The van der Waals surface area contributed by atoms with E-state index in [1.165, 1.54) is 13.2 Å². The summed E-state index contributed by atoms with van der Waals surface area (Å²) in [6.45, 7) is 0. The standard InChI is InChI=1S/C23H18Cl2N2O3/c1-30-22-16(13-17(24)14-20(22)25)7-12-21(28)26-18-8-10-19(11-9-18)27-23(29)15-5-3-2-4-6-15/h2-14H,1H3,(H,26,28)(H,27,29). The third kappa shape index (κ3) is 5.63. The van der Waals surface area contributed by atoms with Crippen molar-refractivity contribution in [2.75, 3.05) is 17.7 Å². The number of ether oxygens (including phenoxy) is 1. The molecule has 0 heterocycles. The Morgan fingerprint density at radius 3 is 2.17 bits per heavy atom. The van der Waals surface area contributed by atoms with Gasteiger partial charge in [-0.05, 0) is 54.6 Å². The number of hydrogen-bond acceptors (Lipinski definition) is 3. The second kappa shape index (κ2) is 9.96. The second-order valence-corrected chi connectivity index (χ2v) is 7.07. The zero-order valence-electron chi connectivity index (χ0n) is 16.0. The summed E-state index contributed by atoms with van der Waals surface area (Å²) in [5, 5.41) is 6.35. The quantitative estimate of drug-likeness (QED) is 0.468. The number of hydrogen-bond donors (Lipinski definition) is 2. The van der Waals surface area contributed by atoms with Crippen LogP contribution >= 0.6 is 23.2 Å². The van der Waals surface area contributed by atoms with E-state index in [1.54, 1.807) is 66.7 Å². The molecule has 0 fully saturated rings. The van der Waals surface area contributed by atoms with Gasteiger partial charge >= 0.3 is 0 Å². The van der Waals surface area contributed by atoms with Gasteiger partial charge in [-0.2, -0.15) is 0 Å². The number of anilines is 2. The Hall–Kier alpha value is -3.28. The van der Waals surface area contributed by atoms with Gasteiger partial charge in [0, 0.05) is 33.6 Å². The fraction of sp³-hybridized carbons (Fsp3) is 0.0435. The largest absolute Gasteiger partial charge is 0.495 e. The molecule has 3 rings (SSSR count). The molecule has 0 saturated heterocycles. The first-order chi connectivity index (χ1) is 14.5. The first-order valence-corrected chi connectivity index (χ1v) is 9.70. The first-order valence-electron chi connectivity index (χ1n) is 8.95. The molecule has 0 bridgehead atoms. The monoisotopic (exact) mass is 440 g/mol. The SMILES string of the molecule is COc1c(Cl)cc(Cl)cc1C=CC(=O)Nc1ccc(NC(=O)c2ccccc2)cc1. The maximum absolute atomic E-state index is 12.2. The molecule has 3 aromatic carbocycles. The molecule has 0 atom stereocenters. The van der Waals surface area contributed by atoms with Crippen LogP contribution in [-0.2, 0) is 4.79 Å². The Bertz CT molecular complexity index is 1080. The van der Waals surface area contributed by atoms with Crippen LogP contribution in [0.2, 0.25) is 10.0 Å². The fourth-order valence-electron chi connectivity index (χ4n) is 2.70. The molecule has 152 valence electrons. The van der Waals surface area contributed by atoms with E-state index >= 15 is 0 Å². The summed E-state index contributed by atoms with van der Waals surface area (Å²) in [6.07, 6.45) is 2.93. The van der Waals surface area contributed by atoms with Crippen molar-refractivity contribution in [2.24, 2.45) is 0 Å². The predicted molar refractivity (Wildman–Crippen MR) is 122 cm³/mol. The lowest BCUT2D eigenvalue weighted by Crippen LogP contribution is -2.12. The molecule has 0 saturated carbocycles. The van der Waals surface area contributed by atoms with E-state index in [4.69, 9.17) is 27.9 Å². The van der Waals surface area contributed by atoms with Crippen LogP contribution in [0, 0.1) is 0 Å². The molecule has 0 aromatic heterocycles. The molecule has 7 heteroatoms. The van der Waals surface area contributed by atoms with Gasteiger partial charge in [-0.3, -0.25) is 9.59 Å². The maximum Gasteiger partial charge on any atom is 0.255 e. The lowest BCUT2D eigenvalue weighted by Gasteiger charge is -2.08. The first kappa shape index (κ1) is 21.4. The number of carbonyl (C=O) groups is 2. The van der Waals surface area contributed by atoms with Gasteiger partial charge in [-0.25, -0.2) is 0 Å². The average molecular weight is 441 g/mol. The molecule has 0 unspecified atom stereocenters. The summed E-state index contributed by atoms with van der Waals surface area (Å²) in [5.41, 5.74) is 2.36. The summed E-state index contributed by atoms with van der Waals surface area (Å²) < 4.78 is 5.25. The number of nitrogens with one attached hydrogen (secondary N) is 2. The normalized spacial score (nSPS) is 10.6. The van der Waals surface area contributed by atoms with E-state index in [0.717, 1.165) is 0 Å². The van der Waals surface area contributed by atoms with Crippen LogP contribution in [0.5, 0.6) is 5.75 Å². The highest BCUT2D eigenvalue weighted by Crippen LogP contribution is 2.33. The van der Waals surface area contributed by atoms with Crippen molar-refractivity contribution in [3.63, 3.8) is 0 Å². The minimum atomic E-state index is -0.339. The molecule has 2 N–H and O–H groups in total. The van der Waals surface area contributed by atoms with Gasteiger partial charge in [0.1, 0.15) is 5.75 Å². The Labute approximate surface area is 184 Å². The van der Waals surface area contributed by atoms with Crippen LogP contribution in [0.3, 0.4) is 0 Å². The van der Waals surface area contributed by atoms with E-state index in [0.29, 0.717) is 38.3 Å². The van der Waals surface area contributed by atoms with Gasteiger partial charge in [0.05, 0.1) is 12.1 Å². The van der Waals surface area contributed by atoms with Crippen molar-refractivity contribution in [1.29, 1.82) is 0 Å². The van der Waals surface area contributed by atoms with Crippen LogP contribution < -0.4 is 15.4 Å². The molecular weight excluding hydrogens is 423 g/mol. The van der Waals surface area contributed by atoms with Crippen molar-refractivity contribution >= 4 is 52.5 Å². The zero-order valence-corrected chi connectivity index (χ0v) is 17.5. The third-order valence-electron chi connectivity index (χ3n) is 4.10. The van der Waals surface area contributed by atoms with Crippen LogP contribution in [0.25, 0.3) is 6.08 Å². The van der Waals surface area contributed by atoms with Crippen LogP contribution in [0.1, 0.15) is 15.9 Å². The summed E-state index contributed by atoms with van der Waals surface area (Å²) >= 11 is 12.1. The average Bonchev–Trinajstić information content (AvgIpc) is 2.74. The van der Waals surface area contributed by atoms with Crippen molar-refractivity contribution in [1.82, 2.24) is 0 Å². The van der Waals surface area contributed by atoms with Crippen LogP contribution in [-0.4, -0.2) is 18.9 Å². The summed E-state index contributed by atoms with van der Waals surface area (Å²) in [7, 11) is 1.49. The summed E-state index contributed by atoms with van der Waals surface area (Å²) in [4.78, 5) is 24.4. The Balaban J connectivity index is 1.62. The highest BCUT2D eigenvalue weighted by Gasteiger charge is 2.08. The molecule has 0 aliphatic rings. The van der Waals surface area contributed by atoms with Gasteiger partial charge in [0.15, 0.2) is 0 Å². The van der Waals surface area contributed by atoms with Gasteiger partial charge in [-0.1, -0.05) is 41.4 Å². The maximum atomic E-state index is 12.2. The summed E-state index contributed by atoms with van der Waals surface area (Å²) in [6, 6.07) is 18.9. The minimum absolute atomic E-state index is 0.204. The highest BCUT2D eigenvalue weighted by atomic mass is 35.5. The predicted octanol–water partition coefficient (Wildman–Crippen LogP) is 5.91.